The molecule has 2 heterocycles. The van der Waals surface area contributed by atoms with E-state index in [4.69, 9.17) is 4.42 Å². The largest absolute Gasteiger partial charge is 0.459 e. The van der Waals surface area contributed by atoms with Crippen molar-refractivity contribution in [3.63, 3.8) is 0 Å². The lowest BCUT2D eigenvalue weighted by atomic mass is 10.2. The number of carbonyl (C=O) groups is 1. The molecule has 2 aliphatic rings. The molecule has 3 rings (SSSR count). The predicted octanol–water partition coefficient (Wildman–Crippen LogP) is 1.64. The van der Waals surface area contributed by atoms with Crippen molar-refractivity contribution in [2.75, 3.05) is 13.1 Å². The van der Waals surface area contributed by atoms with Gasteiger partial charge in [-0.25, -0.2) is 0 Å². The molecule has 1 saturated carbocycles. The molecule has 17 heavy (non-hydrogen) atoms. The average molecular weight is 234 g/mol. The molecule has 92 valence electrons. The fourth-order valence-electron chi connectivity index (χ4n) is 2.48. The van der Waals surface area contributed by atoms with Crippen LogP contribution >= 0.6 is 0 Å². The van der Waals surface area contributed by atoms with Gasteiger partial charge in [0.15, 0.2) is 5.76 Å². The Hall–Kier alpha value is -1.29. The summed E-state index contributed by atoms with van der Waals surface area (Å²) < 4.78 is 5.21. The molecular weight excluding hydrogens is 216 g/mol. The van der Waals surface area contributed by atoms with Crippen molar-refractivity contribution >= 4 is 5.91 Å². The van der Waals surface area contributed by atoms with E-state index in [2.05, 4.69) is 5.32 Å². The monoisotopic (exact) mass is 234 g/mol. The van der Waals surface area contributed by atoms with Crippen molar-refractivity contribution in [2.45, 2.75) is 37.8 Å². The molecule has 1 atom stereocenters. The SMILES string of the molecule is O=C(c1ccco1)N(C[C@@H]1CCCN1)C1CC1. The Kier molecular flexibility index (Phi) is 2.89. The van der Waals surface area contributed by atoms with Crippen LogP contribution in [0.25, 0.3) is 0 Å². The van der Waals surface area contributed by atoms with Crippen LogP contribution in [0.4, 0.5) is 0 Å². The molecule has 1 aliphatic heterocycles. The third-order valence-corrected chi connectivity index (χ3v) is 3.56. The van der Waals surface area contributed by atoms with Gasteiger partial charge in [0.1, 0.15) is 0 Å². The topological polar surface area (TPSA) is 45.5 Å². The van der Waals surface area contributed by atoms with Crippen molar-refractivity contribution in [1.82, 2.24) is 10.2 Å². The fourth-order valence-corrected chi connectivity index (χ4v) is 2.48. The zero-order chi connectivity index (χ0) is 11.7. The van der Waals surface area contributed by atoms with E-state index in [9.17, 15) is 4.79 Å². The lowest BCUT2D eigenvalue weighted by Crippen LogP contribution is -2.42. The Morgan fingerprint density at radius 2 is 2.35 bits per heavy atom. The third kappa shape index (κ3) is 2.36. The Balaban J connectivity index is 1.69. The molecular formula is C13H18N2O2. The fraction of sp³-hybridized carbons (Fsp3) is 0.615. The summed E-state index contributed by atoms with van der Waals surface area (Å²) in [5.41, 5.74) is 0. The molecule has 0 radical (unpaired) electrons. The lowest BCUT2D eigenvalue weighted by Gasteiger charge is -2.24. The van der Waals surface area contributed by atoms with Crippen molar-refractivity contribution < 1.29 is 9.21 Å². The van der Waals surface area contributed by atoms with Gasteiger partial charge in [-0.15, -0.1) is 0 Å². The minimum atomic E-state index is 0.0474. The number of hydrogen-bond donors (Lipinski definition) is 1. The minimum Gasteiger partial charge on any atom is -0.459 e. The van der Waals surface area contributed by atoms with Crippen LogP contribution in [0.3, 0.4) is 0 Å². The molecule has 1 saturated heterocycles. The summed E-state index contributed by atoms with van der Waals surface area (Å²) in [6.45, 7) is 1.91. The molecule has 4 heteroatoms. The number of nitrogens with one attached hydrogen (secondary N) is 1. The van der Waals surface area contributed by atoms with Gasteiger partial charge in [0.25, 0.3) is 5.91 Å². The highest BCUT2D eigenvalue weighted by atomic mass is 16.3. The van der Waals surface area contributed by atoms with Gasteiger partial charge in [0.05, 0.1) is 6.26 Å². The molecule has 1 aliphatic carbocycles. The van der Waals surface area contributed by atoms with Crippen LogP contribution in [0.2, 0.25) is 0 Å². The van der Waals surface area contributed by atoms with E-state index in [-0.39, 0.29) is 5.91 Å². The summed E-state index contributed by atoms with van der Waals surface area (Å²) in [5, 5.41) is 3.45. The van der Waals surface area contributed by atoms with Crippen molar-refractivity contribution in [1.29, 1.82) is 0 Å². The normalized spacial score (nSPS) is 23.9. The van der Waals surface area contributed by atoms with Crippen LogP contribution in [0, 0.1) is 0 Å². The van der Waals surface area contributed by atoms with Crippen molar-refractivity contribution in [3.05, 3.63) is 24.2 Å². The molecule has 2 fully saturated rings. The maximum atomic E-state index is 12.3. The molecule has 1 aromatic heterocycles. The second-order valence-corrected chi connectivity index (χ2v) is 4.96. The summed E-state index contributed by atoms with van der Waals surface area (Å²) in [4.78, 5) is 14.3. The maximum Gasteiger partial charge on any atom is 0.289 e. The predicted molar refractivity (Wildman–Crippen MR) is 63.8 cm³/mol. The van der Waals surface area contributed by atoms with E-state index in [1.807, 2.05) is 4.90 Å². The molecule has 0 bridgehead atoms. The van der Waals surface area contributed by atoms with Crippen molar-refractivity contribution in [2.24, 2.45) is 0 Å². The highest BCUT2D eigenvalue weighted by Crippen LogP contribution is 2.29. The Morgan fingerprint density at radius 3 is 2.94 bits per heavy atom. The van der Waals surface area contributed by atoms with E-state index in [0.29, 0.717) is 17.8 Å². The first-order valence-electron chi connectivity index (χ1n) is 6.42. The first kappa shape index (κ1) is 10.8. The smallest absolute Gasteiger partial charge is 0.289 e. The molecule has 1 N–H and O–H groups in total. The highest BCUT2D eigenvalue weighted by molar-refractivity contribution is 5.91. The van der Waals surface area contributed by atoms with Crippen LogP contribution in [0.15, 0.2) is 22.8 Å². The van der Waals surface area contributed by atoms with Gasteiger partial charge in [-0.2, -0.15) is 0 Å². The number of carbonyl (C=O) groups excluding carboxylic acids is 1. The van der Waals surface area contributed by atoms with E-state index in [1.165, 1.54) is 12.8 Å². The number of nitrogens with zero attached hydrogens (tertiary/aromatic N) is 1. The van der Waals surface area contributed by atoms with E-state index < -0.39 is 0 Å². The summed E-state index contributed by atoms with van der Waals surface area (Å²) in [5.74, 6) is 0.515. The molecule has 0 spiro atoms. The van der Waals surface area contributed by atoms with Gasteiger partial charge in [-0.3, -0.25) is 4.79 Å². The van der Waals surface area contributed by atoms with Crippen LogP contribution in [0.5, 0.6) is 0 Å². The number of furan rings is 1. The molecule has 1 aromatic rings. The maximum absolute atomic E-state index is 12.3. The summed E-state index contributed by atoms with van der Waals surface area (Å²) in [7, 11) is 0. The Labute approximate surface area is 101 Å². The second kappa shape index (κ2) is 4.53. The zero-order valence-corrected chi connectivity index (χ0v) is 9.89. The average Bonchev–Trinajstić information content (AvgIpc) is 2.86. The van der Waals surface area contributed by atoms with Gasteiger partial charge in [0.2, 0.25) is 0 Å². The van der Waals surface area contributed by atoms with Crippen LogP contribution < -0.4 is 5.32 Å². The van der Waals surface area contributed by atoms with Gasteiger partial charge < -0.3 is 14.6 Å². The third-order valence-electron chi connectivity index (χ3n) is 3.56. The summed E-state index contributed by atoms with van der Waals surface area (Å²) in [6.07, 6.45) is 6.23. The highest BCUT2D eigenvalue weighted by Gasteiger charge is 2.35. The first-order chi connectivity index (χ1) is 8.34. The Morgan fingerprint density at radius 1 is 1.47 bits per heavy atom. The standard InChI is InChI=1S/C13H18N2O2/c16-13(12-4-2-8-17-12)15(11-5-6-11)9-10-3-1-7-14-10/h2,4,8,10-11,14H,1,3,5-7,9H2/t10-/m0/s1. The number of hydrogen-bond acceptors (Lipinski definition) is 3. The minimum absolute atomic E-state index is 0.0474. The van der Waals surface area contributed by atoms with Crippen LogP contribution in [-0.2, 0) is 0 Å². The summed E-state index contributed by atoms with van der Waals surface area (Å²) in [6, 6.07) is 4.43. The molecule has 0 unspecified atom stereocenters. The van der Waals surface area contributed by atoms with Gasteiger partial charge >= 0.3 is 0 Å². The molecule has 4 nitrogen and oxygen atoms in total. The quantitative estimate of drug-likeness (QED) is 0.861. The van der Waals surface area contributed by atoms with Crippen molar-refractivity contribution in [3.8, 4) is 0 Å². The van der Waals surface area contributed by atoms with E-state index in [1.54, 1.807) is 18.4 Å². The first-order valence-corrected chi connectivity index (χ1v) is 6.42. The van der Waals surface area contributed by atoms with Gasteiger partial charge in [-0.1, -0.05) is 0 Å². The number of rotatable bonds is 4. The second-order valence-electron chi connectivity index (χ2n) is 4.96. The van der Waals surface area contributed by atoms with E-state index in [0.717, 1.165) is 25.9 Å². The summed E-state index contributed by atoms with van der Waals surface area (Å²) >= 11 is 0. The van der Waals surface area contributed by atoms with Gasteiger partial charge in [-0.05, 0) is 44.4 Å². The number of amides is 1. The van der Waals surface area contributed by atoms with Gasteiger partial charge in [0, 0.05) is 18.6 Å². The Bertz CT molecular complexity index is 378. The van der Waals surface area contributed by atoms with Crippen LogP contribution in [-0.4, -0.2) is 36.0 Å². The van der Waals surface area contributed by atoms with E-state index >= 15 is 0 Å². The molecule has 0 aromatic carbocycles. The lowest BCUT2D eigenvalue weighted by molar-refractivity contribution is 0.0696. The zero-order valence-electron chi connectivity index (χ0n) is 9.89. The van der Waals surface area contributed by atoms with Crippen LogP contribution in [0.1, 0.15) is 36.2 Å². The molecule has 1 amide bonds.